The fraction of sp³-hybridized carbons (Fsp3) is 0.727. The Kier molecular flexibility index (Phi) is 5.17. The highest BCUT2D eigenvalue weighted by molar-refractivity contribution is 5.24. The molecule has 0 spiro atoms. The van der Waals surface area contributed by atoms with E-state index in [2.05, 4.69) is 51.4 Å². The van der Waals surface area contributed by atoms with E-state index in [1.165, 1.54) is 19.3 Å². The van der Waals surface area contributed by atoms with Crippen molar-refractivity contribution in [2.24, 2.45) is 5.41 Å². The normalized spacial score (nSPS) is 21.0. The smallest absolute Gasteiger partial charge is 0.255 e. The second kappa shape index (κ2) is 6.95. The molecule has 0 unspecified atom stereocenters. The van der Waals surface area contributed by atoms with Gasteiger partial charge < -0.3 is 4.98 Å². The van der Waals surface area contributed by atoms with Crippen LogP contribution < -0.4 is 5.56 Å². The fourth-order valence-corrected chi connectivity index (χ4v) is 4.52. The molecule has 26 heavy (non-hydrogen) atoms. The molecule has 144 valence electrons. The van der Waals surface area contributed by atoms with Crippen molar-refractivity contribution in [2.75, 3.05) is 13.1 Å². The maximum absolute atomic E-state index is 12.6. The molecule has 0 saturated carbocycles. The summed E-state index contributed by atoms with van der Waals surface area (Å²) in [5.41, 5.74) is 5.37. The number of rotatable bonds is 3. The number of aromatic amines is 1. The number of hydrogen-bond donors (Lipinski definition) is 1. The summed E-state index contributed by atoms with van der Waals surface area (Å²) < 4.78 is 0. The van der Waals surface area contributed by atoms with E-state index in [-0.39, 0.29) is 11.0 Å². The Bertz CT molecular complexity index is 765. The van der Waals surface area contributed by atoms with Gasteiger partial charge in [-0.2, -0.15) is 0 Å². The zero-order valence-corrected chi connectivity index (χ0v) is 17.5. The third kappa shape index (κ3) is 3.95. The Morgan fingerprint density at radius 1 is 1.23 bits per heavy atom. The molecule has 0 aromatic carbocycles. The van der Waals surface area contributed by atoms with Crippen LogP contribution in [0.25, 0.3) is 0 Å². The molecule has 0 atom stereocenters. The van der Waals surface area contributed by atoms with Crippen molar-refractivity contribution in [1.82, 2.24) is 14.9 Å². The number of nitrogens with zero attached hydrogens (tertiary/aromatic N) is 2. The first-order chi connectivity index (χ1) is 12.1. The van der Waals surface area contributed by atoms with Crippen LogP contribution in [0.5, 0.6) is 0 Å². The van der Waals surface area contributed by atoms with E-state index in [4.69, 9.17) is 4.98 Å². The minimum absolute atomic E-state index is 0.0537. The van der Waals surface area contributed by atoms with Gasteiger partial charge in [0.05, 0.1) is 11.3 Å². The summed E-state index contributed by atoms with van der Waals surface area (Å²) in [5.74, 6) is 0.805. The molecule has 1 aliphatic heterocycles. The molecule has 1 aromatic heterocycles. The van der Waals surface area contributed by atoms with Crippen LogP contribution >= 0.6 is 0 Å². The molecular formula is C22H35N3O. The van der Waals surface area contributed by atoms with Crippen LogP contribution in [0.4, 0.5) is 0 Å². The summed E-state index contributed by atoms with van der Waals surface area (Å²) >= 11 is 0. The Morgan fingerprint density at radius 3 is 2.62 bits per heavy atom. The van der Waals surface area contributed by atoms with Gasteiger partial charge in [-0.25, -0.2) is 4.98 Å². The molecule has 0 amide bonds. The van der Waals surface area contributed by atoms with Gasteiger partial charge in [0.15, 0.2) is 0 Å². The van der Waals surface area contributed by atoms with Gasteiger partial charge in [0.25, 0.3) is 5.56 Å². The van der Waals surface area contributed by atoms with Crippen molar-refractivity contribution in [3.63, 3.8) is 0 Å². The van der Waals surface area contributed by atoms with E-state index < -0.39 is 0 Å². The van der Waals surface area contributed by atoms with Crippen molar-refractivity contribution in [3.8, 4) is 0 Å². The Morgan fingerprint density at radius 2 is 1.96 bits per heavy atom. The quantitative estimate of drug-likeness (QED) is 0.819. The maximum Gasteiger partial charge on any atom is 0.255 e. The number of allylic oxidation sites excluding steroid dienone is 1. The summed E-state index contributed by atoms with van der Waals surface area (Å²) in [7, 11) is 0. The molecule has 2 heterocycles. The standard InChI is InChI=1S/C22H35N3O/c1-15-8-7-11-22(5,6)17(15)9-12-25-13-10-18-16(14-25)19(26)24-20(23-18)21(2,3)4/h7-14H2,1-6H3,(H,23,24,26). The lowest BCUT2D eigenvalue weighted by Crippen LogP contribution is -2.38. The Labute approximate surface area is 158 Å². The van der Waals surface area contributed by atoms with Crippen LogP contribution in [0, 0.1) is 5.41 Å². The molecule has 2 aliphatic rings. The lowest BCUT2D eigenvalue weighted by molar-refractivity contribution is 0.241. The summed E-state index contributed by atoms with van der Waals surface area (Å²) in [6.07, 6.45) is 5.86. The maximum atomic E-state index is 12.6. The first kappa shape index (κ1) is 19.3. The van der Waals surface area contributed by atoms with Gasteiger partial charge in [-0.3, -0.25) is 9.69 Å². The lowest BCUT2D eigenvalue weighted by atomic mass is 9.71. The van der Waals surface area contributed by atoms with E-state index in [0.29, 0.717) is 5.41 Å². The topological polar surface area (TPSA) is 49.0 Å². The highest BCUT2D eigenvalue weighted by atomic mass is 16.1. The second-order valence-electron chi connectivity index (χ2n) is 9.86. The molecule has 0 radical (unpaired) electrons. The van der Waals surface area contributed by atoms with Crippen LogP contribution in [-0.2, 0) is 18.4 Å². The van der Waals surface area contributed by atoms with Gasteiger partial charge in [0, 0.05) is 31.5 Å². The van der Waals surface area contributed by atoms with Crippen molar-refractivity contribution in [3.05, 3.63) is 38.6 Å². The molecule has 1 aliphatic carbocycles. The van der Waals surface area contributed by atoms with Crippen LogP contribution in [0.1, 0.15) is 84.3 Å². The number of hydrogen-bond acceptors (Lipinski definition) is 3. The number of nitrogens with one attached hydrogen (secondary N) is 1. The highest BCUT2D eigenvalue weighted by Gasteiger charge is 2.29. The van der Waals surface area contributed by atoms with Gasteiger partial charge in [-0.15, -0.1) is 0 Å². The van der Waals surface area contributed by atoms with Crippen LogP contribution in [0.15, 0.2) is 15.9 Å². The zero-order valence-electron chi connectivity index (χ0n) is 17.5. The van der Waals surface area contributed by atoms with Crippen molar-refractivity contribution in [2.45, 2.75) is 85.6 Å². The van der Waals surface area contributed by atoms with Crippen LogP contribution in [0.3, 0.4) is 0 Å². The fourth-order valence-electron chi connectivity index (χ4n) is 4.52. The summed E-state index contributed by atoms with van der Waals surface area (Å²) in [4.78, 5) is 22.8. The molecule has 0 fully saturated rings. The average molecular weight is 358 g/mol. The number of fused-ring (bicyclic) bond motifs is 1. The average Bonchev–Trinajstić information content (AvgIpc) is 2.53. The molecule has 1 aromatic rings. The highest BCUT2D eigenvalue weighted by Crippen LogP contribution is 2.41. The van der Waals surface area contributed by atoms with Gasteiger partial charge in [-0.1, -0.05) is 45.8 Å². The van der Waals surface area contributed by atoms with Crippen molar-refractivity contribution >= 4 is 0 Å². The molecule has 4 heteroatoms. The second-order valence-corrected chi connectivity index (χ2v) is 9.86. The van der Waals surface area contributed by atoms with Crippen molar-refractivity contribution in [1.29, 1.82) is 0 Å². The predicted octanol–water partition coefficient (Wildman–Crippen LogP) is 4.34. The van der Waals surface area contributed by atoms with E-state index in [9.17, 15) is 4.79 Å². The first-order valence-corrected chi connectivity index (χ1v) is 10.1. The lowest BCUT2D eigenvalue weighted by Gasteiger charge is -2.36. The van der Waals surface area contributed by atoms with Gasteiger partial charge in [0.2, 0.25) is 0 Å². The molecule has 4 nitrogen and oxygen atoms in total. The minimum Gasteiger partial charge on any atom is -0.310 e. The monoisotopic (exact) mass is 357 g/mol. The van der Waals surface area contributed by atoms with Crippen molar-refractivity contribution < 1.29 is 0 Å². The summed E-state index contributed by atoms with van der Waals surface area (Å²) in [6, 6.07) is 0. The van der Waals surface area contributed by atoms with Gasteiger partial charge >= 0.3 is 0 Å². The van der Waals surface area contributed by atoms with Crippen LogP contribution in [0.2, 0.25) is 0 Å². The molecule has 0 saturated heterocycles. The molecule has 0 bridgehead atoms. The zero-order chi connectivity index (χ0) is 19.1. The van der Waals surface area contributed by atoms with E-state index in [1.807, 2.05) is 0 Å². The Balaban J connectivity index is 1.73. The van der Waals surface area contributed by atoms with Gasteiger partial charge in [-0.05, 0) is 38.0 Å². The predicted molar refractivity (Wildman–Crippen MR) is 107 cm³/mol. The molecular weight excluding hydrogens is 322 g/mol. The SMILES string of the molecule is CC1=C(CCN2CCc3nc(C(C)(C)C)[nH]c(=O)c3C2)C(C)(C)CCC1. The summed E-state index contributed by atoms with van der Waals surface area (Å²) in [5, 5.41) is 0. The third-order valence-electron chi connectivity index (χ3n) is 6.22. The van der Waals surface area contributed by atoms with Crippen LogP contribution in [-0.4, -0.2) is 28.0 Å². The number of H-pyrrole nitrogens is 1. The third-order valence-corrected chi connectivity index (χ3v) is 6.22. The Hall–Kier alpha value is -1.42. The largest absolute Gasteiger partial charge is 0.310 e. The first-order valence-electron chi connectivity index (χ1n) is 10.1. The van der Waals surface area contributed by atoms with Gasteiger partial charge in [0.1, 0.15) is 5.82 Å². The van der Waals surface area contributed by atoms with E-state index in [0.717, 1.165) is 49.6 Å². The van der Waals surface area contributed by atoms with E-state index in [1.54, 1.807) is 11.1 Å². The number of aromatic nitrogens is 2. The minimum atomic E-state index is -0.123. The molecule has 3 rings (SSSR count). The molecule has 1 N–H and O–H groups in total. The summed E-state index contributed by atoms with van der Waals surface area (Å²) in [6.45, 7) is 16.1. The van der Waals surface area contributed by atoms with E-state index >= 15 is 0 Å².